The first kappa shape index (κ1) is 22.8. The molecule has 0 spiro atoms. The number of carbonyl (C=O) groups is 2. The third-order valence-corrected chi connectivity index (χ3v) is 7.98. The van der Waals surface area contributed by atoms with Gasteiger partial charge in [0.25, 0.3) is 0 Å². The van der Waals surface area contributed by atoms with E-state index in [1.807, 2.05) is 78.9 Å². The van der Waals surface area contributed by atoms with Crippen LogP contribution in [0.15, 0.2) is 84.9 Å². The minimum Gasteiger partial charge on any atom is -0.465 e. The molecule has 6 nitrogen and oxygen atoms in total. The summed E-state index contributed by atoms with van der Waals surface area (Å²) in [5, 5.41) is 0. The molecule has 2 saturated heterocycles. The number of cyclic esters (lactones) is 2. The predicted octanol–water partition coefficient (Wildman–Crippen LogP) is 5.37. The maximum atomic E-state index is 12.8. The molecule has 184 valence electrons. The molecule has 0 N–H and O–H groups in total. The van der Waals surface area contributed by atoms with Gasteiger partial charge in [0.2, 0.25) is 12.6 Å². The highest BCUT2D eigenvalue weighted by Crippen LogP contribution is 2.57. The van der Waals surface area contributed by atoms with E-state index in [4.69, 9.17) is 18.9 Å². The second kappa shape index (κ2) is 9.10. The van der Waals surface area contributed by atoms with Crippen LogP contribution in [0, 0.1) is 11.8 Å². The van der Waals surface area contributed by atoms with Crippen molar-refractivity contribution >= 4 is 11.9 Å². The van der Waals surface area contributed by atoms with Crippen LogP contribution in [0.3, 0.4) is 0 Å². The van der Waals surface area contributed by atoms with E-state index in [1.54, 1.807) is 0 Å². The zero-order valence-corrected chi connectivity index (χ0v) is 20.0. The van der Waals surface area contributed by atoms with Gasteiger partial charge in [0, 0.05) is 17.8 Å². The summed E-state index contributed by atoms with van der Waals surface area (Å²) in [6, 6.07) is 27.1. The SMILES string of the molecule is CCC1(C2CC(Oc3ccccc3)OC2Oc2ccccc2)CC2C(=O)OC(=O)C2c2ccccc21. The lowest BCUT2D eigenvalue weighted by Crippen LogP contribution is -2.47. The van der Waals surface area contributed by atoms with Crippen LogP contribution in [0.25, 0.3) is 0 Å². The Labute approximate surface area is 210 Å². The minimum atomic E-state index is -0.598. The smallest absolute Gasteiger partial charge is 0.321 e. The number of ether oxygens (including phenoxy) is 4. The van der Waals surface area contributed by atoms with Crippen LogP contribution in [0.1, 0.15) is 43.2 Å². The molecule has 6 unspecified atom stereocenters. The average molecular weight is 485 g/mol. The first-order chi connectivity index (χ1) is 17.6. The van der Waals surface area contributed by atoms with Gasteiger partial charge in [0.15, 0.2) is 0 Å². The number of benzene rings is 3. The Morgan fingerprint density at radius 1 is 0.833 bits per heavy atom. The van der Waals surface area contributed by atoms with E-state index in [0.717, 1.165) is 23.3 Å². The Morgan fingerprint density at radius 2 is 1.47 bits per heavy atom. The van der Waals surface area contributed by atoms with Crippen molar-refractivity contribution in [2.75, 3.05) is 0 Å². The fraction of sp³-hybridized carbons (Fsp3) is 0.333. The summed E-state index contributed by atoms with van der Waals surface area (Å²) in [5.41, 5.74) is 1.48. The predicted molar refractivity (Wildman–Crippen MR) is 131 cm³/mol. The van der Waals surface area contributed by atoms with Crippen LogP contribution < -0.4 is 9.47 Å². The molecule has 0 amide bonds. The Morgan fingerprint density at radius 3 is 2.17 bits per heavy atom. The van der Waals surface area contributed by atoms with Crippen molar-refractivity contribution in [1.82, 2.24) is 0 Å². The molecule has 2 fully saturated rings. The van der Waals surface area contributed by atoms with E-state index in [-0.39, 0.29) is 5.92 Å². The lowest BCUT2D eigenvalue weighted by molar-refractivity contribution is -0.155. The highest BCUT2D eigenvalue weighted by atomic mass is 16.8. The van der Waals surface area contributed by atoms with E-state index in [1.165, 1.54) is 0 Å². The Kier molecular flexibility index (Phi) is 5.76. The second-order valence-electron chi connectivity index (χ2n) is 9.76. The highest BCUT2D eigenvalue weighted by molar-refractivity contribution is 6.00. The molecule has 0 aromatic heterocycles. The maximum Gasteiger partial charge on any atom is 0.321 e. The fourth-order valence-corrected chi connectivity index (χ4v) is 6.33. The summed E-state index contributed by atoms with van der Waals surface area (Å²) >= 11 is 0. The van der Waals surface area contributed by atoms with Gasteiger partial charge in [-0.2, -0.15) is 0 Å². The third kappa shape index (κ3) is 3.77. The van der Waals surface area contributed by atoms with Gasteiger partial charge in [0.05, 0.1) is 11.8 Å². The molecule has 2 heterocycles. The number of rotatable bonds is 6. The van der Waals surface area contributed by atoms with E-state index in [2.05, 4.69) is 13.0 Å². The number of hydrogen-bond donors (Lipinski definition) is 0. The lowest BCUT2D eigenvalue weighted by Gasteiger charge is -2.46. The molecule has 6 rings (SSSR count). The summed E-state index contributed by atoms with van der Waals surface area (Å²) in [6.07, 6.45) is 0.705. The lowest BCUT2D eigenvalue weighted by atomic mass is 9.56. The summed E-state index contributed by atoms with van der Waals surface area (Å²) < 4.78 is 24.2. The van der Waals surface area contributed by atoms with E-state index in [0.29, 0.717) is 18.6 Å². The van der Waals surface area contributed by atoms with Gasteiger partial charge >= 0.3 is 11.9 Å². The molecule has 6 atom stereocenters. The quantitative estimate of drug-likeness (QED) is 0.346. The maximum absolute atomic E-state index is 12.8. The molecule has 3 aromatic rings. The Hall–Kier alpha value is -3.64. The summed E-state index contributed by atoms with van der Waals surface area (Å²) in [5.74, 6) is -0.653. The standard InChI is InChI=1S/C30H28O6/c1-2-30(18-22-26(28(32)36-27(22)31)21-15-9-10-16-23(21)30)24-17-25(33-19-11-5-3-6-12-19)35-29(24)34-20-13-7-4-8-14-20/h3-16,22,24-26,29H,2,17-18H2,1H3. The van der Waals surface area contributed by atoms with Crippen LogP contribution in [0.2, 0.25) is 0 Å². The number of carbonyl (C=O) groups excluding carboxylic acids is 2. The third-order valence-electron chi connectivity index (χ3n) is 7.98. The van der Waals surface area contributed by atoms with Crippen molar-refractivity contribution < 1.29 is 28.5 Å². The minimum absolute atomic E-state index is 0.123. The highest BCUT2D eigenvalue weighted by Gasteiger charge is 2.60. The molecule has 2 aliphatic heterocycles. The molecule has 3 aliphatic rings. The van der Waals surface area contributed by atoms with Crippen LogP contribution in [0.5, 0.6) is 11.5 Å². The van der Waals surface area contributed by atoms with Crippen molar-refractivity contribution in [2.45, 2.75) is 50.1 Å². The van der Waals surface area contributed by atoms with Crippen LogP contribution >= 0.6 is 0 Å². The molecule has 3 aromatic carbocycles. The average Bonchev–Trinajstić information content (AvgIpc) is 3.43. The molecule has 0 radical (unpaired) electrons. The number of fused-ring (bicyclic) bond motifs is 3. The van der Waals surface area contributed by atoms with Gasteiger partial charge in [0.1, 0.15) is 11.5 Å². The zero-order valence-electron chi connectivity index (χ0n) is 20.0. The van der Waals surface area contributed by atoms with E-state index < -0.39 is 41.8 Å². The molecule has 0 saturated carbocycles. The number of hydrogen-bond acceptors (Lipinski definition) is 6. The van der Waals surface area contributed by atoms with Gasteiger partial charge in [-0.05, 0) is 48.2 Å². The van der Waals surface area contributed by atoms with Crippen molar-refractivity contribution in [1.29, 1.82) is 0 Å². The number of para-hydroxylation sites is 2. The first-order valence-electron chi connectivity index (χ1n) is 12.5. The summed E-state index contributed by atoms with van der Waals surface area (Å²) in [4.78, 5) is 25.4. The van der Waals surface area contributed by atoms with Gasteiger partial charge < -0.3 is 18.9 Å². The fourth-order valence-electron chi connectivity index (χ4n) is 6.33. The second-order valence-corrected chi connectivity index (χ2v) is 9.76. The molecule has 0 bridgehead atoms. The first-order valence-corrected chi connectivity index (χ1v) is 12.5. The molecular formula is C30H28O6. The van der Waals surface area contributed by atoms with Crippen molar-refractivity contribution in [3.05, 3.63) is 96.1 Å². The topological polar surface area (TPSA) is 71.1 Å². The van der Waals surface area contributed by atoms with Crippen LogP contribution in [-0.2, 0) is 24.5 Å². The Bertz CT molecular complexity index is 1260. The molecule has 6 heteroatoms. The van der Waals surface area contributed by atoms with Gasteiger partial charge in [-0.1, -0.05) is 67.6 Å². The summed E-state index contributed by atoms with van der Waals surface area (Å²) in [7, 11) is 0. The monoisotopic (exact) mass is 484 g/mol. The van der Waals surface area contributed by atoms with Gasteiger partial charge in [-0.3, -0.25) is 9.59 Å². The molecular weight excluding hydrogens is 456 g/mol. The molecule has 1 aliphatic carbocycles. The van der Waals surface area contributed by atoms with Crippen molar-refractivity contribution in [3.8, 4) is 11.5 Å². The van der Waals surface area contributed by atoms with E-state index in [9.17, 15) is 9.59 Å². The van der Waals surface area contributed by atoms with Crippen LogP contribution in [0.4, 0.5) is 0 Å². The van der Waals surface area contributed by atoms with Gasteiger partial charge in [-0.15, -0.1) is 0 Å². The van der Waals surface area contributed by atoms with Crippen molar-refractivity contribution in [2.24, 2.45) is 11.8 Å². The molecule has 36 heavy (non-hydrogen) atoms. The van der Waals surface area contributed by atoms with Gasteiger partial charge in [-0.25, -0.2) is 0 Å². The Balaban J connectivity index is 1.41. The largest absolute Gasteiger partial charge is 0.465 e. The normalized spacial score (nSPS) is 30.9. The number of esters is 2. The zero-order chi connectivity index (χ0) is 24.7. The van der Waals surface area contributed by atoms with E-state index >= 15 is 0 Å². The van der Waals surface area contributed by atoms with Crippen LogP contribution in [-0.4, -0.2) is 24.5 Å². The summed E-state index contributed by atoms with van der Waals surface area (Å²) in [6.45, 7) is 2.13. The van der Waals surface area contributed by atoms with Crippen molar-refractivity contribution in [3.63, 3.8) is 0 Å².